The number of carbonyl (C=O) groups is 1. The van der Waals surface area contributed by atoms with Gasteiger partial charge < -0.3 is 14.2 Å². The first-order valence-corrected chi connectivity index (χ1v) is 8.10. The number of hydrogen-bond acceptors (Lipinski definition) is 7. The maximum atomic E-state index is 11.7. The second-order valence-electron chi connectivity index (χ2n) is 6.50. The zero-order valence-corrected chi connectivity index (χ0v) is 14.5. The molecule has 1 amide bonds. The third-order valence-electron chi connectivity index (χ3n) is 4.62. The van der Waals surface area contributed by atoms with Crippen molar-refractivity contribution in [2.45, 2.75) is 38.3 Å². The minimum absolute atomic E-state index is 0.0586. The molecule has 1 saturated heterocycles. The molecule has 0 aromatic carbocycles. The maximum absolute atomic E-state index is 11.7. The highest BCUT2D eigenvalue weighted by Gasteiger charge is 2.31. The Morgan fingerprint density at radius 1 is 1.38 bits per heavy atom. The topological polar surface area (TPSA) is 93.2 Å². The van der Waals surface area contributed by atoms with Gasteiger partial charge in [-0.15, -0.1) is 15.3 Å². The van der Waals surface area contributed by atoms with Crippen LogP contribution in [0.3, 0.4) is 0 Å². The fourth-order valence-corrected chi connectivity index (χ4v) is 2.88. The lowest BCUT2D eigenvalue weighted by molar-refractivity contribution is -0.129. The SMILES string of the molecule is C[C@H]1[C@@H](c2nnc(-c3cn(CC(=O)N(C)C)nn3)o2)CCCN1C. The van der Waals surface area contributed by atoms with Crippen LogP contribution in [0.1, 0.15) is 31.6 Å². The Bertz CT molecular complexity index is 708. The molecule has 0 spiro atoms. The van der Waals surface area contributed by atoms with Gasteiger partial charge in [0.25, 0.3) is 5.89 Å². The molecule has 9 nitrogen and oxygen atoms in total. The Labute approximate surface area is 140 Å². The molecule has 130 valence electrons. The van der Waals surface area contributed by atoms with E-state index >= 15 is 0 Å². The molecule has 0 aliphatic carbocycles. The Kier molecular flexibility index (Phi) is 4.61. The molecule has 0 saturated carbocycles. The molecule has 2 aromatic rings. The number of aromatic nitrogens is 5. The van der Waals surface area contributed by atoms with Gasteiger partial charge in [0.05, 0.1) is 12.1 Å². The van der Waals surface area contributed by atoms with Gasteiger partial charge in [-0.3, -0.25) is 4.79 Å². The first kappa shape index (κ1) is 16.6. The standard InChI is InChI=1S/C15H23N7O2/c1-10-11(6-5-7-21(10)4)14-17-18-15(24-14)12-8-22(19-16-12)9-13(23)20(2)3/h8,10-11H,5-7,9H2,1-4H3/t10-,11-/m0/s1. The molecule has 2 aromatic heterocycles. The summed E-state index contributed by atoms with van der Waals surface area (Å²) in [5, 5.41) is 16.3. The van der Waals surface area contributed by atoms with Crippen LogP contribution in [0, 0.1) is 0 Å². The van der Waals surface area contributed by atoms with Gasteiger partial charge in [0.2, 0.25) is 11.8 Å². The number of hydrogen-bond donors (Lipinski definition) is 0. The molecule has 1 fully saturated rings. The van der Waals surface area contributed by atoms with Crippen molar-refractivity contribution in [2.75, 3.05) is 27.7 Å². The first-order chi connectivity index (χ1) is 11.5. The smallest absolute Gasteiger partial charge is 0.269 e. The van der Waals surface area contributed by atoms with Gasteiger partial charge in [0.15, 0.2) is 5.69 Å². The molecule has 0 unspecified atom stereocenters. The third kappa shape index (κ3) is 3.30. The minimum Gasteiger partial charge on any atom is -0.419 e. The van der Waals surface area contributed by atoms with Crippen molar-refractivity contribution in [1.29, 1.82) is 0 Å². The molecule has 1 aliphatic rings. The van der Waals surface area contributed by atoms with Gasteiger partial charge in [-0.05, 0) is 33.4 Å². The monoisotopic (exact) mass is 333 g/mol. The zero-order chi connectivity index (χ0) is 17.3. The second kappa shape index (κ2) is 6.68. The number of amides is 1. The number of rotatable bonds is 4. The van der Waals surface area contributed by atoms with E-state index in [2.05, 4.69) is 39.4 Å². The average molecular weight is 333 g/mol. The van der Waals surface area contributed by atoms with Crippen LogP contribution < -0.4 is 0 Å². The molecule has 3 heterocycles. The quantitative estimate of drug-likeness (QED) is 0.809. The van der Waals surface area contributed by atoms with E-state index in [9.17, 15) is 4.79 Å². The maximum Gasteiger partial charge on any atom is 0.269 e. The second-order valence-corrected chi connectivity index (χ2v) is 6.50. The van der Waals surface area contributed by atoms with E-state index in [4.69, 9.17) is 4.42 Å². The van der Waals surface area contributed by atoms with Crippen molar-refractivity contribution in [3.8, 4) is 11.6 Å². The summed E-state index contributed by atoms with van der Waals surface area (Å²) in [4.78, 5) is 15.5. The van der Waals surface area contributed by atoms with Gasteiger partial charge in [-0.1, -0.05) is 5.21 Å². The molecule has 2 atom stereocenters. The molecule has 24 heavy (non-hydrogen) atoms. The number of carbonyl (C=O) groups excluding carboxylic acids is 1. The summed E-state index contributed by atoms with van der Waals surface area (Å²) in [6, 6.07) is 0.362. The predicted octanol–water partition coefficient (Wildman–Crippen LogP) is 0.614. The molecular formula is C15H23N7O2. The Balaban J connectivity index is 1.74. The lowest BCUT2D eigenvalue weighted by atomic mass is 9.91. The Morgan fingerprint density at radius 3 is 2.92 bits per heavy atom. The summed E-state index contributed by atoms with van der Waals surface area (Å²) >= 11 is 0. The highest BCUT2D eigenvalue weighted by Crippen LogP contribution is 2.31. The number of likely N-dealkylation sites (tertiary alicyclic amines) is 1. The molecule has 0 radical (unpaired) electrons. The van der Waals surface area contributed by atoms with E-state index in [0.717, 1.165) is 19.4 Å². The highest BCUT2D eigenvalue weighted by atomic mass is 16.4. The van der Waals surface area contributed by atoms with Crippen LogP contribution in [0.2, 0.25) is 0 Å². The number of nitrogens with zero attached hydrogens (tertiary/aromatic N) is 7. The van der Waals surface area contributed by atoms with Crippen molar-refractivity contribution in [1.82, 2.24) is 35.0 Å². The van der Waals surface area contributed by atoms with Gasteiger partial charge >= 0.3 is 0 Å². The predicted molar refractivity (Wildman–Crippen MR) is 86.1 cm³/mol. The van der Waals surface area contributed by atoms with E-state index in [1.54, 1.807) is 20.3 Å². The van der Waals surface area contributed by atoms with Crippen molar-refractivity contribution in [3.05, 3.63) is 12.1 Å². The fraction of sp³-hybridized carbons (Fsp3) is 0.667. The highest BCUT2D eigenvalue weighted by molar-refractivity contribution is 5.75. The zero-order valence-electron chi connectivity index (χ0n) is 14.5. The van der Waals surface area contributed by atoms with E-state index < -0.39 is 0 Å². The van der Waals surface area contributed by atoms with Gasteiger partial charge in [-0.25, -0.2) is 4.68 Å². The van der Waals surface area contributed by atoms with E-state index in [-0.39, 0.29) is 18.4 Å². The van der Waals surface area contributed by atoms with E-state index in [1.165, 1.54) is 9.58 Å². The Hall–Kier alpha value is -2.29. The van der Waals surface area contributed by atoms with Crippen LogP contribution in [0.5, 0.6) is 0 Å². The lowest BCUT2D eigenvalue weighted by Crippen LogP contribution is -2.39. The van der Waals surface area contributed by atoms with Gasteiger partial charge in [0.1, 0.15) is 6.54 Å². The molecule has 0 N–H and O–H groups in total. The van der Waals surface area contributed by atoms with Crippen molar-refractivity contribution < 1.29 is 9.21 Å². The molecule has 3 rings (SSSR count). The van der Waals surface area contributed by atoms with Crippen LogP contribution in [0.4, 0.5) is 0 Å². The summed E-state index contributed by atoms with van der Waals surface area (Å²) in [6.45, 7) is 3.40. The summed E-state index contributed by atoms with van der Waals surface area (Å²) in [5.41, 5.74) is 0.483. The van der Waals surface area contributed by atoms with Crippen molar-refractivity contribution in [2.24, 2.45) is 0 Å². The van der Waals surface area contributed by atoms with E-state index in [1.807, 2.05) is 0 Å². The molecule has 0 bridgehead atoms. The van der Waals surface area contributed by atoms with Gasteiger partial charge in [0, 0.05) is 20.1 Å². The molecule has 1 aliphatic heterocycles. The Morgan fingerprint density at radius 2 is 2.17 bits per heavy atom. The van der Waals surface area contributed by atoms with Gasteiger partial charge in [-0.2, -0.15) is 0 Å². The van der Waals surface area contributed by atoms with Crippen LogP contribution in [-0.4, -0.2) is 74.6 Å². The van der Waals surface area contributed by atoms with Crippen LogP contribution in [0.15, 0.2) is 10.6 Å². The average Bonchev–Trinajstić information content (AvgIpc) is 3.19. The normalized spacial score (nSPS) is 21.8. The van der Waals surface area contributed by atoms with Crippen LogP contribution >= 0.6 is 0 Å². The lowest BCUT2D eigenvalue weighted by Gasteiger charge is -2.34. The summed E-state index contributed by atoms with van der Waals surface area (Å²) < 4.78 is 7.30. The number of likely N-dealkylation sites (N-methyl/N-ethyl adjacent to an activating group) is 2. The summed E-state index contributed by atoms with van der Waals surface area (Å²) in [6.07, 6.45) is 3.80. The third-order valence-corrected chi connectivity index (χ3v) is 4.62. The van der Waals surface area contributed by atoms with E-state index in [0.29, 0.717) is 23.5 Å². The largest absolute Gasteiger partial charge is 0.419 e. The van der Waals surface area contributed by atoms with Crippen molar-refractivity contribution in [3.63, 3.8) is 0 Å². The minimum atomic E-state index is -0.0586. The number of piperidine rings is 1. The fourth-order valence-electron chi connectivity index (χ4n) is 2.88. The van der Waals surface area contributed by atoms with Crippen LogP contribution in [0.25, 0.3) is 11.6 Å². The summed E-state index contributed by atoms with van der Waals surface area (Å²) in [7, 11) is 5.51. The van der Waals surface area contributed by atoms with Crippen molar-refractivity contribution >= 4 is 5.91 Å². The molecule has 9 heteroatoms. The van der Waals surface area contributed by atoms with Crippen LogP contribution in [-0.2, 0) is 11.3 Å². The summed E-state index contributed by atoms with van der Waals surface area (Å²) in [5.74, 6) is 1.16. The molecular weight excluding hydrogens is 310 g/mol. The first-order valence-electron chi connectivity index (χ1n) is 8.10.